The third kappa shape index (κ3) is 3.32. The van der Waals surface area contributed by atoms with E-state index in [1.165, 1.54) is 19.0 Å². The quantitative estimate of drug-likeness (QED) is 0.890. The molecule has 1 atom stereocenters. The van der Waals surface area contributed by atoms with Gasteiger partial charge in [0.15, 0.2) is 0 Å². The molecule has 24 heavy (non-hydrogen) atoms. The highest BCUT2D eigenvalue weighted by atomic mass is 16.2. The Balaban J connectivity index is 1.60. The number of imidazole rings is 1. The molecule has 2 fully saturated rings. The molecule has 2 heterocycles. The Kier molecular flexibility index (Phi) is 4.65. The minimum absolute atomic E-state index is 0.115. The first-order valence-electron chi connectivity index (χ1n) is 9.02. The molecule has 3 rings (SSSR count). The van der Waals surface area contributed by atoms with Crippen LogP contribution in [0, 0.1) is 11.3 Å². The predicted molar refractivity (Wildman–Crippen MR) is 91.4 cm³/mol. The lowest BCUT2D eigenvalue weighted by Gasteiger charge is -2.42. The fraction of sp³-hybridized carbons (Fsp3) is 0.722. The van der Waals surface area contributed by atoms with Gasteiger partial charge in [-0.3, -0.25) is 9.59 Å². The number of nitrogens with one attached hydrogen (secondary N) is 1. The van der Waals surface area contributed by atoms with Gasteiger partial charge in [0.2, 0.25) is 5.91 Å². The first-order valence-corrected chi connectivity index (χ1v) is 9.02. The van der Waals surface area contributed by atoms with Crippen molar-refractivity contribution in [3.8, 4) is 0 Å². The zero-order chi connectivity index (χ0) is 17.3. The van der Waals surface area contributed by atoms with Gasteiger partial charge in [0.1, 0.15) is 11.5 Å². The van der Waals surface area contributed by atoms with Gasteiger partial charge >= 0.3 is 0 Å². The van der Waals surface area contributed by atoms with E-state index in [1.54, 1.807) is 0 Å². The highest BCUT2D eigenvalue weighted by molar-refractivity contribution is 5.90. The van der Waals surface area contributed by atoms with Crippen LogP contribution in [-0.2, 0) is 4.79 Å². The minimum Gasteiger partial charge on any atom is -0.364 e. The maximum Gasteiger partial charge on any atom is 0.266 e. The average Bonchev–Trinajstić information content (AvgIpc) is 3.04. The molecule has 1 unspecified atom stereocenters. The van der Waals surface area contributed by atoms with Crippen molar-refractivity contribution in [3.05, 3.63) is 17.7 Å². The number of carbonyl (C=O) groups excluding carboxylic acids is 2. The summed E-state index contributed by atoms with van der Waals surface area (Å²) in [6.07, 6.45) is 7.82. The van der Waals surface area contributed by atoms with Crippen molar-refractivity contribution in [2.45, 2.75) is 58.3 Å². The normalized spacial score (nSPS) is 24.8. The van der Waals surface area contributed by atoms with E-state index in [9.17, 15) is 9.59 Å². The van der Waals surface area contributed by atoms with Crippen LogP contribution in [0.2, 0.25) is 0 Å². The van der Waals surface area contributed by atoms with Crippen LogP contribution in [0.5, 0.6) is 0 Å². The monoisotopic (exact) mass is 332 g/mol. The van der Waals surface area contributed by atoms with Gasteiger partial charge in [-0.15, -0.1) is 0 Å². The van der Waals surface area contributed by atoms with Crippen LogP contribution in [-0.4, -0.2) is 39.8 Å². The van der Waals surface area contributed by atoms with Gasteiger partial charge in [0.05, 0.1) is 6.20 Å². The van der Waals surface area contributed by atoms with Crippen LogP contribution in [0.15, 0.2) is 6.20 Å². The van der Waals surface area contributed by atoms with Gasteiger partial charge in [-0.1, -0.05) is 26.7 Å². The van der Waals surface area contributed by atoms with Crippen molar-refractivity contribution in [3.63, 3.8) is 0 Å². The standard InChI is InChI=1S/C18H28N4O2/c1-18(2)8-4-3-5-13(18)17(24)22-9-6-12(7-10-22)16-20-11-14(21-16)15(19)23/h11-13H,3-10H2,1-2H3,(H2,19,23)(H,20,21). The minimum atomic E-state index is -0.485. The van der Waals surface area contributed by atoms with Crippen molar-refractivity contribution in [2.24, 2.45) is 17.1 Å². The smallest absolute Gasteiger partial charge is 0.266 e. The lowest BCUT2D eigenvalue weighted by molar-refractivity contribution is -0.142. The summed E-state index contributed by atoms with van der Waals surface area (Å²) < 4.78 is 0. The number of piperidine rings is 1. The number of amides is 2. The molecule has 0 bridgehead atoms. The van der Waals surface area contributed by atoms with E-state index in [-0.39, 0.29) is 17.3 Å². The molecule has 1 aliphatic carbocycles. The third-order valence-electron chi connectivity index (χ3n) is 5.86. The number of hydrogen-bond donors (Lipinski definition) is 2. The third-order valence-corrected chi connectivity index (χ3v) is 5.86. The van der Waals surface area contributed by atoms with Crippen molar-refractivity contribution in [1.29, 1.82) is 0 Å². The maximum absolute atomic E-state index is 12.9. The molecule has 1 aromatic rings. The Labute approximate surface area is 143 Å². The summed E-state index contributed by atoms with van der Waals surface area (Å²) in [4.78, 5) is 33.5. The highest BCUT2D eigenvalue weighted by Crippen LogP contribution is 2.42. The molecule has 2 aliphatic rings. The second-order valence-electron chi connectivity index (χ2n) is 7.93. The second-order valence-corrected chi connectivity index (χ2v) is 7.93. The van der Waals surface area contributed by atoms with Gasteiger partial charge in [0, 0.05) is 24.9 Å². The zero-order valence-electron chi connectivity index (χ0n) is 14.7. The molecule has 1 aromatic heterocycles. The predicted octanol–water partition coefficient (Wildman–Crippen LogP) is 2.43. The molecule has 6 nitrogen and oxygen atoms in total. The van der Waals surface area contributed by atoms with Gasteiger partial charge in [-0.2, -0.15) is 0 Å². The largest absolute Gasteiger partial charge is 0.364 e. The van der Waals surface area contributed by atoms with Crippen LogP contribution in [0.25, 0.3) is 0 Å². The number of carbonyl (C=O) groups is 2. The van der Waals surface area contributed by atoms with E-state index in [1.807, 2.05) is 4.90 Å². The molecule has 3 N–H and O–H groups in total. The van der Waals surface area contributed by atoms with Gasteiger partial charge in [-0.05, 0) is 31.1 Å². The van der Waals surface area contributed by atoms with Crippen LogP contribution in [0.4, 0.5) is 0 Å². The zero-order valence-corrected chi connectivity index (χ0v) is 14.7. The van der Waals surface area contributed by atoms with Gasteiger partial charge in [-0.25, -0.2) is 4.98 Å². The number of hydrogen-bond acceptors (Lipinski definition) is 3. The van der Waals surface area contributed by atoms with Crippen molar-refractivity contribution in [1.82, 2.24) is 14.9 Å². The SMILES string of the molecule is CC1(C)CCCCC1C(=O)N1CCC(c2ncc(C(N)=O)[nH]2)CC1. The summed E-state index contributed by atoms with van der Waals surface area (Å²) in [5, 5.41) is 0. The first-order chi connectivity index (χ1) is 11.4. The summed E-state index contributed by atoms with van der Waals surface area (Å²) in [5.41, 5.74) is 5.73. The number of nitrogens with two attached hydrogens (primary N) is 1. The highest BCUT2D eigenvalue weighted by Gasteiger charge is 2.40. The van der Waals surface area contributed by atoms with Crippen molar-refractivity contribution in [2.75, 3.05) is 13.1 Å². The summed E-state index contributed by atoms with van der Waals surface area (Å²) in [7, 11) is 0. The second kappa shape index (κ2) is 6.57. The summed E-state index contributed by atoms with van der Waals surface area (Å²) in [6, 6.07) is 0. The fourth-order valence-electron chi connectivity index (χ4n) is 4.21. The van der Waals surface area contributed by atoms with E-state index in [0.29, 0.717) is 11.6 Å². The number of nitrogens with zero attached hydrogens (tertiary/aromatic N) is 2. The molecule has 6 heteroatoms. The number of H-pyrrole nitrogens is 1. The van der Waals surface area contributed by atoms with E-state index >= 15 is 0 Å². The van der Waals surface area contributed by atoms with Crippen LogP contribution >= 0.6 is 0 Å². The lowest BCUT2D eigenvalue weighted by Crippen LogP contribution is -2.46. The van der Waals surface area contributed by atoms with E-state index in [0.717, 1.165) is 44.6 Å². The van der Waals surface area contributed by atoms with Gasteiger partial charge in [0.25, 0.3) is 5.91 Å². The molecule has 0 spiro atoms. The molecular weight excluding hydrogens is 304 g/mol. The lowest BCUT2D eigenvalue weighted by atomic mass is 9.68. The molecule has 1 aliphatic heterocycles. The van der Waals surface area contributed by atoms with Crippen LogP contribution in [0.1, 0.15) is 74.6 Å². The van der Waals surface area contributed by atoms with Crippen molar-refractivity contribution >= 4 is 11.8 Å². The number of aromatic amines is 1. The van der Waals surface area contributed by atoms with Crippen LogP contribution < -0.4 is 5.73 Å². The summed E-state index contributed by atoms with van der Waals surface area (Å²) >= 11 is 0. The Bertz CT molecular complexity index is 614. The van der Waals surface area contributed by atoms with Gasteiger partial charge < -0.3 is 15.6 Å². The fourth-order valence-corrected chi connectivity index (χ4v) is 4.21. The molecule has 132 valence electrons. The number of rotatable bonds is 3. The molecule has 0 radical (unpaired) electrons. The first kappa shape index (κ1) is 17.0. The number of aromatic nitrogens is 2. The Morgan fingerprint density at radius 1 is 1.25 bits per heavy atom. The number of likely N-dealkylation sites (tertiary alicyclic amines) is 1. The Morgan fingerprint density at radius 3 is 2.54 bits per heavy atom. The molecule has 0 aromatic carbocycles. The molecule has 1 saturated heterocycles. The van der Waals surface area contributed by atoms with E-state index in [2.05, 4.69) is 23.8 Å². The number of primary amides is 1. The average molecular weight is 332 g/mol. The van der Waals surface area contributed by atoms with E-state index in [4.69, 9.17) is 5.73 Å². The Hall–Kier alpha value is -1.85. The molecule has 1 saturated carbocycles. The molecule has 2 amide bonds. The maximum atomic E-state index is 12.9. The molecular formula is C18H28N4O2. The topological polar surface area (TPSA) is 92.1 Å². The summed E-state index contributed by atoms with van der Waals surface area (Å²) in [5.74, 6) is 1.08. The Morgan fingerprint density at radius 2 is 1.96 bits per heavy atom. The summed E-state index contributed by atoms with van der Waals surface area (Å²) in [6.45, 7) is 6.00. The van der Waals surface area contributed by atoms with E-state index < -0.39 is 5.91 Å². The van der Waals surface area contributed by atoms with Crippen LogP contribution in [0.3, 0.4) is 0 Å². The van der Waals surface area contributed by atoms with Crippen molar-refractivity contribution < 1.29 is 9.59 Å².